The third-order valence-corrected chi connectivity index (χ3v) is 8.68. The van der Waals surface area contributed by atoms with E-state index in [0.717, 1.165) is 60.6 Å². The Labute approximate surface area is 243 Å². The largest absolute Gasteiger partial charge is 0.368 e. The van der Waals surface area contributed by atoms with Gasteiger partial charge in [0.1, 0.15) is 5.82 Å². The Morgan fingerprint density at radius 1 is 0.897 bits per heavy atom. The van der Waals surface area contributed by atoms with Crippen LogP contribution >= 0.6 is 35.0 Å². The summed E-state index contributed by atoms with van der Waals surface area (Å²) in [5, 5.41) is 10.8. The van der Waals surface area contributed by atoms with Crippen LogP contribution < -0.4 is 4.90 Å². The van der Waals surface area contributed by atoms with E-state index in [2.05, 4.69) is 58.4 Å². The first-order valence-corrected chi connectivity index (χ1v) is 14.9. The topological polar surface area (TPSA) is 54.3 Å². The maximum atomic E-state index is 12.9. The zero-order chi connectivity index (χ0) is 27.2. The Morgan fingerprint density at radius 2 is 1.64 bits per heavy atom. The number of rotatable bonds is 9. The van der Waals surface area contributed by atoms with Gasteiger partial charge in [-0.15, -0.1) is 10.2 Å². The smallest absolute Gasteiger partial charge is 0.222 e. The first-order valence-electron chi connectivity index (χ1n) is 13.1. The SMILES string of the molecule is Cc1ccccc1N1CCN(C(=O)CCCSc2nnc(Cc3ccccc3)n2-c2ccc(Cl)c(Cl)c2)CC1. The lowest BCUT2D eigenvalue weighted by atomic mass is 10.1. The molecule has 1 aliphatic heterocycles. The van der Waals surface area contributed by atoms with E-state index in [9.17, 15) is 4.79 Å². The average Bonchev–Trinajstić information content (AvgIpc) is 3.35. The van der Waals surface area contributed by atoms with E-state index in [1.165, 1.54) is 11.3 Å². The maximum Gasteiger partial charge on any atom is 0.222 e. The molecule has 4 aromatic rings. The van der Waals surface area contributed by atoms with E-state index in [1.807, 2.05) is 39.8 Å². The number of thioether (sulfide) groups is 1. The highest BCUT2D eigenvalue weighted by molar-refractivity contribution is 7.99. The molecular weight excluding hydrogens is 549 g/mol. The van der Waals surface area contributed by atoms with E-state index < -0.39 is 0 Å². The second-order valence-corrected chi connectivity index (χ2v) is 11.5. The molecule has 39 heavy (non-hydrogen) atoms. The zero-order valence-electron chi connectivity index (χ0n) is 21.9. The number of nitrogens with zero attached hydrogens (tertiary/aromatic N) is 5. The predicted octanol–water partition coefficient (Wildman–Crippen LogP) is 6.69. The summed E-state index contributed by atoms with van der Waals surface area (Å²) in [7, 11) is 0. The van der Waals surface area contributed by atoms with E-state index in [4.69, 9.17) is 23.2 Å². The fraction of sp³-hybridized carbons (Fsp3) is 0.300. The molecule has 1 fully saturated rings. The van der Waals surface area contributed by atoms with Crippen molar-refractivity contribution in [2.75, 3.05) is 36.8 Å². The molecule has 0 atom stereocenters. The number of aromatic nitrogens is 3. The van der Waals surface area contributed by atoms with Gasteiger partial charge in [0.15, 0.2) is 5.16 Å². The van der Waals surface area contributed by atoms with Crippen molar-refractivity contribution < 1.29 is 4.79 Å². The maximum absolute atomic E-state index is 12.9. The van der Waals surface area contributed by atoms with E-state index in [-0.39, 0.29) is 5.91 Å². The molecule has 3 aromatic carbocycles. The van der Waals surface area contributed by atoms with Crippen molar-refractivity contribution in [3.8, 4) is 5.69 Å². The van der Waals surface area contributed by atoms with Crippen molar-refractivity contribution in [2.24, 2.45) is 0 Å². The minimum Gasteiger partial charge on any atom is -0.368 e. The first kappa shape index (κ1) is 27.6. The highest BCUT2D eigenvalue weighted by Gasteiger charge is 2.22. The van der Waals surface area contributed by atoms with Crippen molar-refractivity contribution >= 4 is 46.6 Å². The average molecular weight is 581 g/mol. The second kappa shape index (κ2) is 12.9. The molecule has 0 bridgehead atoms. The quantitative estimate of drug-likeness (QED) is 0.163. The zero-order valence-corrected chi connectivity index (χ0v) is 24.2. The molecule has 0 unspecified atom stereocenters. The number of amides is 1. The minimum atomic E-state index is 0.218. The summed E-state index contributed by atoms with van der Waals surface area (Å²) in [5.74, 6) is 1.81. The van der Waals surface area contributed by atoms with Crippen LogP contribution in [0, 0.1) is 6.92 Å². The van der Waals surface area contributed by atoms with Gasteiger partial charge in [0, 0.05) is 50.5 Å². The lowest BCUT2D eigenvalue weighted by molar-refractivity contribution is -0.131. The van der Waals surface area contributed by atoms with Gasteiger partial charge in [-0.2, -0.15) is 0 Å². The summed E-state index contributed by atoms with van der Waals surface area (Å²) in [5.41, 5.74) is 4.55. The van der Waals surface area contributed by atoms with Gasteiger partial charge in [-0.25, -0.2) is 0 Å². The van der Waals surface area contributed by atoms with Crippen LogP contribution in [0.5, 0.6) is 0 Å². The summed E-state index contributed by atoms with van der Waals surface area (Å²) in [4.78, 5) is 17.3. The van der Waals surface area contributed by atoms with E-state index in [0.29, 0.717) is 22.9 Å². The molecule has 2 heterocycles. The third-order valence-electron chi connectivity index (χ3n) is 6.92. The molecule has 1 aromatic heterocycles. The monoisotopic (exact) mass is 579 g/mol. The number of carbonyl (C=O) groups is 1. The highest BCUT2D eigenvalue weighted by atomic mass is 35.5. The van der Waals surface area contributed by atoms with Crippen molar-refractivity contribution in [3.05, 3.63) is 99.8 Å². The van der Waals surface area contributed by atoms with Crippen molar-refractivity contribution in [1.29, 1.82) is 0 Å². The summed E-state index contributed by atoms with van der Waals surface area (Å²) in [6.07, 6.45) is 1.93. The fourth-order valence-corrected chi connectivity index (χ4v) is 6.03. The third kappa shape index (κ3) is 6.78. The standard InChI is InChI=1S/C30H31Cl2N5OS/c1-22-8-5-6-11-27(22)35-15-17-36(18-16-35)29(38)12-7-19-39-30-34-33-28(20-23-9-3-2-4-10-23)37(30)24-13-14-25(31)26(32)21-24/h2-6,8-11,13-14,21H,7,12,15-20H2,1H3. The molecule has 0 aliphatic carbocycles. The Morgan fingerprint density at radius 3 is 2.38 bits per heavy atom. The van der Waals surface area contributed by atoms with Gasteiger partial charge >= 0.3 is 0 Å². The second-order valence-electron chi connectivity index (χ2n) is 9.60. The van der Waals surface area contributed by atoms with E-state index >= 15 is 0 Å². The Balaban J connectivity index is 1.18. The van der Waals surface area contributed by atoms with Crippen LogP contribution in [0.25, 0.3) is 5.69 Å². The Bertz CT molecular complexity index is 1420. The van der Waals surface area contributed by atoms with Crippen molar-refractivity contribution in [2.45, 2.75) is 31.3 Å². The summed E-state index contributed by atoms with van der Waals surface area (Å²) in [6, 6.07) is 24.2. The molecule has 0 radical (unpaired) electrons. The summed E-state index contributed by atoms with van der Waals surface area (Å²) >= 11 is 14.1. The van der Waals surface area contributed by atoms with Gasteiger partial charge in [-0.05, 0) is 48.7 Å². The molecule has 1 amide bonds. The Hall–Kier alpha value is -3.00. The molecule has 202 valence electrons. The number of anilines is 1. The number of halogens is 2. The van der Waals surface area contributed by atoms with Crippen molar-refractivity contribution in [1.82, 2.24) is 19.7 Å². The summed E-state index contributed by atoms with van der Waals surface area (Å²) < 4.78 is 2.03. The van der Waals surface area contributed by atoms with Gasteiger partial charge in [-0.1, -0.05) is 83.5 Å². The highest BCUT2D eigenvalue weighted by Crippen LogP contribution is 2.29. The number of benzene rings is 3. The van der Waals surface area contributed by atoms with Gasteiger partial charge in [0.2, 0.25) is 5.91 Å². The summed E-state index contributed by atoms with van der Waals surface area (Å²) in [6.45, 7) is 5.38. The van der Waals surface area contributed by atoms with Crippen LogP contribution in [-0.2, 0) is 11.2 Å². The van der Waals surface area contributed by atoms with Gasteiger partial charge in [0.25, 0.3) is 0 Å². The van der Waals surface area contributed by atoms with Crippen LogP contribution in [-0.4, -0.2) is 57.5 Å². The normalized spacial score (nSPS) is 13.6. The number of piperazine rings is 1. The predicted molar refractivity (Wildman–Crippen MR) is 161 cm³/mol. The molecule has 1 saturated heterocycles. The molecule has 1 aliphatic rings. The van der Waals surface area contributed by atoms with Crippen molar-refractivity contribution in [3.63, 3.8) is 0 Å². The molecule has 6 nitrogen and oxygen atoms in total. The van der Waals surface area contributed by atoms with Crippen LogP contribution in [0.2, 0.25) is 10.0 Å². The molecule has 0 saturated carbocycles. The fourth-order valence-electron chi connectivity index (χ4n) is 4.83. The number of hydrogen-bond acceptors (Lipinski definition) is 5. The van der Waals surface area contributed by atoms with Gasteiger partial charge in [-0.3, -0.25) is 9.36 Å². The van der Waals surface area contributed by atoms with Crippen LogP contribution in [0.1, 0.15) is 29.8 Å². The van der Waals surface area contributed by atoms with Gasteiger partial charge < -0.3 is 9.80 Å². The minimum absolute atomic E-state index is 0.218. The van der Waals surface area contributed by atoms with Crippen LogP contribution in [0.15, 0.2) is 78.0 Å². The van der Waals surface area contributed by atoms with E-state index in [1.54, 1.807) is 17.8 Å². The lowest BCUT2D eigenvalue weighted by Gasteiger charge is -2.36. The molecule has 5 rings (SSSR count). The molecule has 0 spiro atoms. The molecule has 9 heteroatoms. The number of aryl methyl sites for hydroxylation is 1. The van der Waals surface area contributed by atoms with Crippen LogP contribution in [0.3, 0.4) is 0 Å². The van der Waals surface area contributed by atoms with Gasteiger partial charge in [0.05, 0.1) is 15.7 Å². The first-order chi connectivity index (χ1) is 19.0. The number of para-hydroxylation sites is 1. The number of hydrogen-bond donors (Lipinski definition) is 0. The molecular formula is C30H31Cl2N5OS. The van der Waals surface area contributed by atoms with Crippen LogP contribution in [0.4, 0.5) is 5.69 Å². The lowest BCUT2D eigenvalue weighted by Crippen LogP contribution is -2.49. The Kier molecular flexibility index (Phi) is 9.12. The number of carbonyl (C=O) groups excluding carboxylic acids is 1. The molecule has 0 N–H and O–H groups in total.